The van der Waals surface area contributed by atoms with Crippen LogP contribution in [0.25, 0.3) is 22.0 Å². The number of pyridine rings is 1. The van der Waals surface area contributed by atoms with Gasteiger partial charge in [0.15, 0.2) is 0 Å². The highest BCUT2D eigenvalue weighted by Crippen LogP contribution is 2.52. The second-order valence-corrected chi connectivity index (χ2v) is 9.78. The van der Waals surface area contributed by atoms with Gasteiger partial charge in [-0.1, -0.05) is 35.7 Å². The van der Waals surface area contributed by atoms with E-state index >= 15 is 0 Å². The lowest BCUT2D eigenvalue weighted by Gasteiger charge is -2.15. The molecule has 2 fully saturated rings. The molecule has 0 spiro atoms. The first kappa shape index (κ1) is 20.6. The van der Waals surface area contributed by atoms with Crippen LogP contribution >= 0.6 is 11.6 Å². The number of rotatable bonds is 6. The molecule has 4 aromatic rings. The fraction of sp³-hybridized carbons (Fsp3) is 0.267. The summed E-state index contributed by atoms with van der Waals surface area (Å²) >= 11 is 5.98. The predicted molar refractivity (Wildman–Crippen MR) is 136 cm³/mol. The van der Waals surface area contributed by atoms with Crippen LogP contribution in [0.4, 0.5) is 0 Å². The molecule has 2 aromatic carbocycles. The van der Waals surface area contributed by atoms with Crippen molar-refractivity contribution in [2.75, 3.05) is 0 Å². The van der Waals surface area contributed by atoms with E-state index in [1.54, 1.807) is 0 Å². The molecule has 2 aliphatic rings. The van der Waals surface area contributed by atoms with Crippen molar-refractivity contribution in [3.63, 3.8) is 0 Å². The van der Waals surface area contributed by atoms with E-state index < -0.39 is 0 Å². The van der Waals surface area contributed by atoms with Crippen LogP contribution in [0.15, 0.2) is 73.1 Å². The van der Waals surface area contributed by atoms with Gasteiger partial charge in [0.05, 0.1) is 0 Å². The van der Waals surface area contributed by atoms with Crippen LogP contribution in [0.3, 0.4) is 0 Å². The lowest BCUT2D eigenvalue weighted by molar-refractivity contribution is 0.567. The number of benzene rings is 2. The summed E-state index contributed by atoms with van der Waals surface area (Å²) in [5.74, 6) is 10.2. The molecule has 0 unspecified atom stereocenters. The van der Waals surface area contributed by atoms with Crippen molar-refractivity contribution >= 4 is 22.5 Å². The normalized spacial score (nSPS) is 15.6. The molecule has 2 nitrogen and oxygen atoms in total. The average molecular weight is 450 g/mol. The molecule has 0 aliphatic heterocycles. The van der Waals surface area contributed by atoms with Gasteiger partial charge in [0, 0.05) is 46.0 Å². The van der Waals surface area contributed by atoms with Gasteiger partial charge in [-0.25, -0.2) is 4.98 Å². The van der Waals surface area contributed by atoms with Gasteiger partial charge in [0.2, 0.25) is 0 Å². The number of hydrogen-bond acceptors (Lipinski definition) is 1. The van der Waals surface area contributed by atoms with Crippen LogP contribution in [-0.4, -0.2) is 9.55 Å². The Morgan fingerprint density at radius 3 is 2.33 bits per heavy atom. The van der Waals surface area contributed by atoms with Crippen LogP contribution in [0.2, 0.25) is 5.02 Å². The first-order chi connectivity index (χ1) is 16.2. The molecule has 33 heavy (non-hydrogen) atoms. The smallest absolute Gasteiger partial charge is 0.113 e. The maximum absolute atomic E-state index is 5.98. The van der Waals surface area contributed by atoms with E-state index in [0.29, 0.717) is 0 Å². The number of nitrogens with zero attached hydrogens (tertiary/aromatic N) is 2. The van der Waals surface area contributed by atoms with E-state index in [0.717, 1.165) is 45.8 Å². The highest BCUT2D eigenvalue weighted by molar-refractivity contribution is 6.30. The minimum Gasteiger partial charge on any atom is -0.347 e. The molecule has 1 radical (unpaired) electrons. The third-order valence-corrected chi connectivity index (χ3v) is 7.14. The van der Waals surface area contributed by atoms with Crippen LogP contribution in [0.5, 0.6) is 0 Å². The molecule has 163 valence electrons. The summed E-state index contributed by atoms with van der Waals surface area (Å²) in [5, 5.41) is 1.99. The Morgan fingerprint density at radius 1 is 0.879 bits per heavy atom. The van der Waals surface area contributed by atoms with Gasteiger partial charge >= 0.3 is 0 Å². The highest BCUT2D eigenvalue weighted by atomic mass is 35.5. The van der Waals surface area contributed by atoms with Gasteiger partial charge in [-0.15, -0.1) is 0 Å². The van der Waals surface area contributed by atoms with Crippen molar-refractivity contribution in [1.29, 1.82) is 0 Å². The first-order valence-electron chi connectivity index (χ1n) is 11.9. The van der Waals surface area contributed by atoms with Gasteiger partial charge in [-0.3, -0.25) is 0 Å². The highest BCUT2D eigenvalue weighted by Gasteiger charge is 2.41. The summed E-state index contributed by atoms with van der Waals surface area (Å²) in [6.07, 6.45) is 11.1. The zero-order chi connectivity index (χ0) is 22.2. The van der Waals surface area contributed by atoms with E-state index in [2.05, 4.69) is 57.9 Å². The van der Waals surface area contributed by atoms with Crippen molar-refractivity contribution in [2.24, 2.45) is 11.8 Å². The predicted octanol–water partition coefficient (Wildman–Crippen LogP) is 7.54. The summed E-state index contributed by atoms with van der Waals surface area (Å²) in [4.78, 5) is 4.53. The molecule has 0 bridgehead atoms. The largest absolute Gasteiger partial charge is 0.347 e. The maximum Gasteiger partial charge on any atom is 0.113 e. The van der Waals surface area contributed by atoms with Gasteiger partial charge < -0.3 is 4.57 Å². The fourth-order valence-corrected chi connectivity index (χ4v) is 4.92. The summed E-state index contributed by atoms with van der Waals surface area (Å²) < 4.78 is 2.41. The van der Waals surface area contributed by atoms with Crippen LogP contribution in [-0.2, 0) is 6.54 Å². The summed E-state index contributed by atoms with van der Waals surface area (Å²) in [5.41, 5.74) is 5.25. The zero-order valence-electron chi connectivity index (χ0n) is 18.6. The topological polar surface area (TPSA) is 17.8 Å². The van der Waals surface area contributed by atoms with Crippen LogP contribution in [0, 0.1) is 29.6 Å². The van der Waals surface area contributed by atoms with Gasteiger partial charge in [-0.05, 0) is 104 Å². The maximum atomic E-state index is 5.98. The Bertz CT molecular complexity index is 1320. The molecule has 2 aromatic heterocycles. The second kappa shape index (κ2) is 8.73. The average Bonchev–Trinajstić information content (AvgIpc) is 3.78. The lowest BCUT2D eigenvalue weighted by atomic mass is 9.94. The van der Waals surface area contributed by atoms with Crippen molar-refractivity contribution < 1.29 is 0 Å². The molecule has 0 N–H and O–H groups in total. The Labute approximate surface area is 200 Å². The molecule has 3 heteroatoms. The Hall–Kier alpha value is -3.02. The van der Waals surface area contributed by atoms with E-state index in [9.17, 15) is 0 Å². The van der Waals surface area contributed by atoms with Crippen molar-refractivity contribution in [3.05, 3.63) is 95.3 Å². The zero-order valence-corrected chi connectivity index (χ0v) is 19.4. The molecule has 2 heterocycles. The molecule has 2 saturated carbocycles. The van der Waals surface area contributed by atoms with Gasteiger partial charge in [-0.2, -0.15) is 0 Å². The monoisotopic (exact) mass is 449 g/mol. The van der Waals surface area contributed by atoms with Crippen LogP contribution in [0.1, 0.15) is 43.4 Å². The second-order valence-electron chi connectivity index (χ2n) is 9.35. The third-order valence-electron chi connectivity index (χ3n) is 6.89. The Balaban J connectivity index is 1.15. The molecule has 6 rings (SSSR count). The van der Waals surface area contributed by atoms with Gasteiger partial charge in [0.1, 0.15) is 5.69 Å². The van der Waals surface area contributed by atoms with E-state index in [4.69, 9.17) is 11.6 Å². The minimum atomic E-state index is 0.737. The van der Waals surface area contributed by atoms with Crippen molar-refractivity contribution in [1.82, 2.24) is 9.55 Å². The van der Waals surface area contributed by atoms with Gasteiger partial charge in [0.25, 0.3) is 0 Å². The van der Waals surface area contributed by atoms with E-state index in [1.165, 1.54) is 43.0 Å². The first-order valence-corrected chi connectivity index (χ1v) is 12.3. The fourth-order valence-electron chi connectivity index (χ4n) is 4.79. The third kappa shape index (κ3) is 4.70. The number of halogens is 1. The minimum absolute atomic E-state index is 0.737. The van der Waals surface area contributed by atoms with E-state index in [-0.39, 0.29) is 0 Å². The Kier molecular flexibility index (Phi) is 5.44. The quantitative estimate of drug-likeness (QED) is 0.278. The molecule has 0 atom stereocenters. The van der Waals surface area contributed by atoms with Crippen LogP contribution < -0.4 is 0 Å². The molecular formula is C30H26ClN2. The van der Waals surface area contributed by atoms with Crippen molar-refractivity contribution in [2.45, 2.75) is 38.6 Å². The SMILES string of the molecule is Clc1ccc(-c2ccc(C#Cc3ccc4c(ccn4CC[C](C4CC4)C4CC4)c3)nc2)cc1. The number of aryl methyl sites for hydroxylation is 1. The van der Waals surface area contributed by atoms with Crippen molar-refractivity contribution in [3.8, 4) is 23.0 Å². The lowest BCUT2D eigenvalue weighted by Crippen LogP contribution is -2.07. The summed E-state index contributed by atoms with van der Waals surface area (Å²) in [7, 11) is 0. The summed E-state index contributed by atoms with van der Waals surface area (Å²) in [6.45, 7) is 1.10. The van der Waals surface area contributed by atoms with E-state index in [1.807, 2.05) is 42.4 Å². The standard InChI is InChI=1S/C30H26ClN2/c31-27-10-7-22(8-11-27)26-9-13-28(32-20-26)12-1-21-2-14-30-25(19-21)15-17-33(30)18-16-29(23-3-4-23)24-5-6-24/h2,7-11,13-15,17,19-20,23-24H,3-6,16,18H2. The molecule has 0 amide bonds. The molecular weight excluding hydrogens is 424 g/mol. The number of fused-ring (bicyclic) bond motifs is 1. The Morgan fingerprint density at radius 2 is 1.64 bits per heavy atom. The molecule has 2 aliphatic carbocycles. The number of aromatic nitrogens is 2. The molecule has 0 saturated heterocycles. The summed E-state index contributed by atoms with van der Waals surface area (Å²) in [6, 6.07) is 20.6. The number of hydrogen-bond donors (Lipinski definition) is 0.